The lowest BCUT2D eigenvalue weighted by Crippen LogP contribution is -2.27. The van der Waals surface area contributed by atoms with Crippen molar-refractivity contribution in [3.05, 3.63) is 65.5 Å². The van der Waals surface area contributed by atoms with E-state index in [1.807, 2.05) is 24.3 Å². The van der Waals surface area contributed by atoms with Crippen molar-refractivity contribution in [2.75, 3.05) is 20.3 Å². The molecule has 0 unspecified atom stereocenters. The van der Waals surface area contributed by atoms with Gasteiger partial charge in [-0.3, -0.25) is 0 Å². The van der Waals surface area contributed by atoms with Gasteiger partial charge in [-0.05, 0) is 35.7 Å². The van der Waals surface area contributed by atoms with E-state index in [0.717, 1.165) is 11.3 Å². The van der Waals surface area contributed by atoms with Crippen molar-refractivity contribution in [2.45, 2.75) is 12.8 Å². The standard InChI is InChI=1S/C18H20FNO3/c1-22-16-7-4-5-14(13-16)9-11-20-18(21)23-12-10-15-6-2-3-8-17(15)19/h2-8,13H,9-12H2,1H3,(H,20,21). The Hall–Kier alpha value is -2.56. The number of hydrogen-bond acceptors (Lipinski definition) is 3. The summed E-state index contributed by atoms with van der Waals surface area (Å²) in [4.78, 5) is 11.6. The summed E-state index contributed by atoms with van der Waals surface area (Å²) in [5, 5.41) is 2.67. The average Bonchev–Trinajstić information content (AvgIpc) is 2.57. The Labute approximate surface area is 135 Å². The van der Waals surface area contributed by atoms with Crippen LogP contribution in [-0.2, 0) is 17.6 Å². The minimum absolute atomic E-state index is 0.145. The van der Waals surface area contributed by atoms with Gasteiger partial charge in [0.15, 0.2) is 0 Å². The van der Waals surface area contributed by atoms with Gasteiger partial charge in [0, 0.05) is 13.0 Å². The van der Waals surface area contributed by atoms with Crippen molar-refractivity contribution < 1.29 is 18.7 Å². The number of rotatable bonds is 7. The van der Waals surface area contributed by atoms with Crippen LogP contribution < -0.4 is 10.1 Å². The van der Waals surface area contributed by atoms with E-state index in [9.17, 15) is 9.18 Å². The highest BCUT2D eigenvalue weighted by Crippen LogP contribution is 2.12. The van der Waals surface area contributed by atoms with Crippen LogP contribution in [0.5, 0.6) is 5.75 Å². The minimum Gasteiger partial charge on any atom is -0.497 e. The first-order valence-corrected chi connectivity index (χ1v) is 7.46. The third-order valence-electron chi connectivity index (χ3n) is 3.38. The monoisotopic (exact) mass is 317 g/mol. The number of alkyl carbamates (subject to hydrolysis) is 1. The van der Waals surface area contributed by atoms with E-state index in [4.69, 9.17) is 9.47 Å². The van der Waals surface area contributed by atoms with Crippen LogP contribution in [0.15, 0.2) is 48.5 Å². The maximum atomic E-state index is 13.4. The van der Waals surface area contributed by atoms with E-state index in [1.54, 1.807) is 25.3 Å². The number of nitrogens with one attached hydrogen (secondary N) is 1. The molecule has 0 radical (unpaired) electrons. The van der Waals surface area contributed by atoms with E-state index in [-0.39, 0.29) is 12.4 Å². The molecule has 2 aromatic carbocycles. The predicted octanol–water partition coefficient (Wildman–Crippen LogP) is 3.35. The van der Waals surface area contributed by atoms with Gasteiger partial charge in [0.1, 0.15) is 11.6 Å². The van der Waals surface area contributed by atoms with Gasteiger partial charge in [0.25, 0.3) is 0 Å². The van der Waals surface area contributed by atoms with Crippen LogP contribution in [0.4, 0.5) is 9.18 Å². The molecule has 0 atom stereocenters. The van der Waals surface area contributed by atoms with Gasteiger partial charge < -0.3 is 14.8 Å². The molecule has 2 aromatic rings. The molecule has 0 bridgehead atoms. The summed E-state index contributed by atoms with van der Waals surface area (Å²) < 4.78 is 23.6. The second-order valence-electron chi connectivity index (χ2n) is 5.01. The van der Waals surface area contributed by atoms with Crippen LogP contribution in [-0.4, -0.2) is 26.4 Å². The first-order chi connectivity index (χ1) is 11.2. The maximum absolute atomic E-state index is 13.4. The van der Waals surface area contributed by atoms with Gasteiger partial charge in [-0.1, -0.05) is 30.3 Å². The number of halogens is 1. The van der Waals surface area contributed by atoms with Crippen molar-refractivity contribution in [3.63, 3.8) is 0 Å². The van der Waals surface area contributed by atoms with Gasteiger partial charge in [-0.25, -0.2) is 9.18 Å². The number of methoxy groups -OCH3 is 1. The molecule has 0 spiro atoms. The van der Waals surface area contributed by atoms with Gasteiger partial charge in [-0.15, -0.1) is 0 Å². The molecule has 4 nitrogen and oxygen atoms in total. The zero-order chi connectivity index (χ0) is 16.5. The van der Waals surface area contributed by atoms with Crippen molar-refractivity contribution in [2.24, 2.45) is 0 Å². The highest BCUT2D eigenvalue weighted by molar-refractivity contribution is 5.67. The molecule has 0 aliphatic rings. The van der Waals surface area contributed by atoms with Gasteiger partial charge >= 0.3 is 6.09 Å². The highest BCUT2D eigenvalue weighted by atomic mass is 19.1. The molecule has 122 valence electrons. The van der Waals surface area contributed by atoms with Crippen molar-refractivity contribution in [3.8, 4) is 5.75 Å². The lowest BCUT2D eigenvalue weighted by molar-refractivity contribution is 0.147. The highest BCUT2D eigenvalue weighted by Gasteiger charge is 2.04. The Morgan fingerprint density at radius 1 is 1.13 bits per heavy atom. The molecule has 0 saturated heterocycles. The molecule has 0 aliphatic heterocycles. The van der Waals surface area contributed by atoms with Gasteiger partial charge in [0.2, 0.25) is 0 Å². The fourth-order valence-electron chi connectivity index (χ4n) is 2.14. The van der Waals surface area contributed by atoms with Crippen LogP contribution in [0.25, 0.3) is 0 Å². The predicted molar refractivity (Wildman–Crippen MR) is 86.2 cm³/mol. The molecule has 5 heteroatoms. The summed E-state index contributed by atoms with van der Waals surface area (Å²) in [6.45, 7) is 0.609. The fraction of sp³-hybridized carbons (Fsp3) is 0.278. The molecule has 0 aliphatic carbocycles. The summed E-state index contributed by atoms with van der Waals surface area (Å²) in [6, 6.07) is 14.1. The molecular formula is C18H20FNO3. The zero-order valence-corrected chi connectivity index (χ0v) is 13.0. The Bertz CT molecular complexity index is 646. The molecule has 0 aromatic heterocycles. The normalized spacial score (nSPS) is 10.2. The first kappa shape index (κ1) is 16.8. The average molecular weight is 317 g/mol. The van der Waals surface area contributed by atoms with E-state index in [1.165, 1.54) is 6.07 Å². The zero-order valence-electron chi connectivity index (χ0n) is 13.0. The Morgan fingerprint density at radius 3 is 2.74 bits per heavy atom. The molecule has 1 N–H and O–H groups in total. The van der Waals surface area contributed by atoms with Crippen LogP contribution in [0, 0.1) is 5.82 Å². The number of amides is 1. The summed E-state index contributed by atoms with van der Waals surface area (Å²) in [6.07, 6.45) is 0.541. The van der Waals surface area contributed by atoms with Crippen LogP contribution >= 0.6 is 0 Å². The lowest BCUT2D eigenvalue weighted by Gasteiger charge is -2.08. The largest absolute Gasteiger partial charge is 0.497 e. The van der Waals surface area contributed by atoms with Crippen molar-refractivity contribution in [1.82, 2.24) is 5.32 Å². The van der Waals surface area contributed by atoms with Crippen LogP contribution in [0.2, 0.25) is 0 Å². The topological polar surface area (TPSA) is 47.6 Å². The quantitative estimate of drug-likeness (QED) is 0.852. The Morgan fingerprint density at radius 2 is 1.96 bits per heavy atom. The maximum Gasteiger partial charge on any atom is 0.407 e. The first-order valence-electron chi connectivity index (χ1n) is 7.46. The summed E-state index contributed by atoms with van der Waals surface area (Å²) in [5.74, 6) is 0.504. The van der Waals surface area contributed by atoms with Crippen LogP contribution in [0.1, 0.15) is 11.1 Å². The fourth-order valence-corrected chi connectivity index (χ4v) is 2.14. The second kappa shape index (κ2) is 8.78. The van der Waals surface area contributed by atoms with E-state index in [2.05, 4.69) is 5.32 Å². The lowest BCUT2D eigenvalue weighted by atomic mass is 10.1. The number of ether oxygens (including phenoxy) is 2. The molecule has 1 amide bonds. The molecular weight excluding hydrogens is 297 g/mol. The summed E-state index contributed by atoms with van der Waals surface area (Å²) >= 11 is 0. The summed E-state index contributed by atoms with van der Waals surface area (Å²) in [5.41, 5.74) is 1.60. The van der Waals surface area contributed by atoms with Crippen molar-refractivity contribution in [1.29, 1.82) is 0 Å². The molecule has 0 heterocycles. The van der Waals surface area contributed by atoms with Crippen LogP contribution in [0.3, 0.4) is 0 Å². The smallest absolute Gasteiger partial charge is 0.407 e. The molecule has 0 fully saturated rings. The minimum atomic E-state index is -0.496. The van der Waals surface area contributed by atoms with E-state index < -0.39 is 6.09 Å². The third kappa shape index (κ3) is 5.62. The third-order valence-corrected chi connectivity index (χ3v) is 3.38. The molecule has 2 rings (SSSR count). The van der Waals surface area contributed by atoms with Gasteiger partial charge in [0.05, 0.1) is 13.7 Å². The second-order valence-corrected chi connectivity index (χ2v) is 5.01. The number of benzene rings is 2. The molecule has 0 saturated carbocycles. The number of hydrogen-bond donors (Lipinski definition) is 1. The van der Waals surface area contributed by atoms with E-state index >= 15 is 0 Å². The number of carbonyl (C=O) groups is 1. The molecule has 23 heavy (non-hydrogen) atoms. The Kier molecular flexibility index (Phi) is 6.41. The van der Waals surface area contributed by atoms with E-state index in [0.29, 0.717) is 24.9 Å². The summed E-state index contributed by atoms with van der Waals surface area (Å²) in [7, 11) is 1.62. The SMILES string of the molecule is COc1cccc(CCNC(=O)OCCc2ccccc2F)c1. The number of carbonyl (C=O) groups excluding carboxylic acids is 1. The Balaban J connectivity index is 1.66. The van der Waals surface area contributed by atoms with Crippen molar-refractivity contribution >= 4 is 6.09 Å². The van der Waals surface area contributed by atoms with Gasteiger partial charge in [-0.2, -0.15) is 0 Å².